The number of methoxy groups -OCH3 is 6. The summed E-state index contributed by atoms with van der Waals surface area (Å²) in [6.45, 7) is 0. The number of nitrogen functional groups attached to an aromatic ring is 1. The standard InChI is InChI=1S/C18H20N2O6.C12H16O5.C6H6N2O2/c1-24-15-9-12(10-16(25-2)18(15)26-3)7-8-17(21)19-13-5-4-6-14(11-13)20(22)23;1-15-9-6-8(4-5-11(13)14)7-10(16-2)12(9)17-3;7-5-2-1-3-6(4-5)8(9)10/h4-6,9-11H,7-8H2,1-3H3,(H,19,21);6-7H,4-5H2,1-3H3,(H,13,14);1-4H,7H2. The molecule has 0 saturated heterocycles. The maximum Gasteiger partial charge on any atom is 0.303 e. The zero-order valence-corrected chi connectivity index (χ0v) is 30.1. The summed E-state index contributed by atoms with van der Waals surface area (Å²) in [5, 5.41) is 32.2. The van der Waals surface area contributed by atoms with Crippen LogP contribution in [0.1, 0.15) is 24.0 Å². The number of nitrogens with zero attached hydrogens (tertiary/aromatic N) is 2. The van der Waals surface area contributed by atoms with Crippen LogP contribution >= 0.6 is 0 Å². The molecule has 4 N–H and O–H groups in total. The van der Waals surface area contributed by atoms with Crippen LogP contribution in [0.4, 0.5) is 22.7 Å². The molecule has 284 valence electrons. The Kier molecular flexibility index (Phi) is 17.1. The number of nitrogens with two attached hydrogens (primary N) is 1. The molecule has 0 atom stereocenters. The highest BCUT2D eigenvalue weighted by Gasteiger charge is 2.15. The van der Waals surface area contributed by atoms with Gasteiger partial charge in [0.1, 0.15) is 0 Å². The molecule has 0 unspecified atom stereocenters. The van der Waals surface area contributed by atoms with Crippen molar-refractivity contribution in [2.75, 3.05) is 53.7 Å². The Morgan fingerprint density at radius 2 is 1.06 bits per heavy atom. The molecular weight excluding hydrogens is 696 g/mol. The SMILES string of the molecule is COc1cc(CCC(=O)Nc2cccc([N+](=O)[O-])c2)cc(OC)c1OC.COc1cc(CCC(=O)O)cc(OC)c1OC.Nc1cccc([N+](=O)[O-])c1. The van der Waals surface area contributed by atoms with Crippen LogP contribution in [0.3, 0.4) is 0 Å². The van der Waals surface area contributed by atoms with E-state index >= 15 is 0 Å². The molecule has 17 heteroatoms. The van der Waals surface area contributed by atoms with Crippen LogP contribution < -0.4 is 39.5 Å². The Bertz CT molecular complexity index is 1820. The number of benzene rings is 4. The highest BCUT2D eigenvalue weighted by atomic mass is 16.6. The van der Waals surface area contributed by atoms with Gasteiger partial charge in [0.15, 0.2) is 23.0 Å². The molecule has 0 bridgehead atoms. The third-order valence-corrected chi connectivity index (χ3v) is 7.14. The zero-order valence-electron chi connectivity index (χ0n) is 30.1. The quantitative estimate of drug-likeness (QED) is 0.0710. The van der Waals surface area contributed by atoms with E-state index in [4.69, 9.17) is 39.3 Å². The predicted molar refractivity (Wildman–Crippen MR) is 196 cm³/mol. The van der Waals surface area contributed by atoms with Gasteiger partial charge in [-0.3, -0.25) is 29.8 Å². The van der Waals surface area contributed by atoms with Crippen LogP contribution in [0.2, 0.25) is 0 Å². The van der Waals surface area contributed by atoms with Gasteiger partial charge in [0.25, 0.3) is 11.4 Å². The fourth-order valence-corrected chi connectivity index (χ4v) is 4.63. The van der Waals surface area contributed by atoms with Crippen molar-refractivity contribution in [2.45, 2.75) is 25.7 Å². The number of non-ortho nitro benzene ring substituents is 2. The number of rotatable bonds is 15. The Labute approximate surface area is 305 Å². The molecule has 4 aromatic carbocycles. The minimum absolute atomic E-state index is 0.0278. The van der Waals surface area contributed by atoms with Crippen molar-refractivity contribution in [2.24, 2.45) is 0 Å². The van der Waals surface area contributed by atoms with Crippen LogP contribution in [-0.2, 0) is 22.4 Å². The van der Waals surface area contributed by atoms with E-state index in [0.29, 0.717) is 58.7 Å². The van der Waals surface area contributed by atoms with E-state index in [1.807, 2.05) is 0 Å². The van der Waals surface area contributed by atoms with E-state index < -0.39 is 15.8 Å². The van der Waals surface area contributed by atoms with Crippen LogP contribution in [0.5, 0.6) is 34.5 Å². The molecule has 53 heavy (non-hydrogen) atoms. The van der Waals surface area contributed by atoms with Crippen LogP contribution in [0.15, 0.2) is 72.8 Å². The summed E-state index contributed by atoms with van der Waals surface area (Å²) in [5.41, 5.74) is 7.71. The molecule has 0 fully saturated rings. The monoisotopic (exact) mass is 738 g/mol. The first-order valence-corrected chi connectivity index (χ1v) is 15.6. The van der Waals surface area contributed by atoms with E-state index in [9.17, 15) is 29.8 Å². The van der Waals surface area contributed by atoms with E-state index in [2.05, 4.69) is 5.32 Å². The van der Waals surface area contributed by atoms with Gasteiger partial charge >= 0.3 is 5.97 Å². The maximum absolute atomic E-state index is 12.1. The third-order valence-electron chi connectivity index (χ3n) is 7.14. The number of carbonyl (C=O) groups excluding carboxylic acids is 1. The molecule has 0 spiro atoms. The fraction of sp³-hybridized carbons (Fsp3) is 0.278. The lowest BCUT2D eigenvalue weighted by Crippen LogP contribution is -2.12. The smallest absolute Gasteiger partial charge is 0.303 e. The summed E-state index contributed by atoms with van der Waals surface area (Å²) in [4.78, 5) is 42.5. The molecule has 4 aromatic rings. The average molecular weight is 739 g/mol. The highest BCUT2D eigenvalue weighted by Crippen LogP contribution is 2.39. The van der Waals surface area contributed by atoms with Crippen LogP contribution in [0, 0.1) is 20.2 Å². The molecule has 1 amide bonds. The summed E-state index contributed by atoms with van der Waals surface area (Å²) < 4.78 is 31.4. The number of carboxylic acids is 1. The third kappa shape index (κ3) is 13.5. The van der Waals surface area contributed by atoms with Gasteiger partial charge < -0.3 is 44.6 Å². The summed E-state index contributed by atoms with van der Waals surface area (Å²) >= 11 is 0. The summed E-state index contributed by atoms with van der Waals surface area (Å²) in [6, 6.07) is 18.7. The molecule has 0 aromatic heterocycles. The molecule has 0 radical (unpaired) electrons. The van der Waals surface area contributed by atoms with E-state index in [1.165, 1.54) is 73.0 Å². The zero-order chi connectivity index (χ0) is 39.5. The van der Waals surface area contributed by atoms with Gasteiger partial charge in [-0.2, -0.15) is 0 Å². The Hall–Kier alpha value is -6.78. The summed E-state index contributed by atoms with van der Waals surface area (Å²) in [6.07, 6.45) is 1.13. The number of carboxylic acid groups (broad SMARTS) is 1. The number of hydrogen-bond acceptors (Lipinski definition) is 13. The molecule has 0 saturated carbocycles. The summed E-state index contributed by atoms with van der Waals surface area (Å²) in [5.74, 6) is 2.01. The van der Waals surface area contributed by atoms with Crippen molar-refractivity contribution in [3.63, 3.8) is 0 Å². The molecular formula is C36H42N4O13. The minimum Gasteiger partial charge on any atom is -0.493 e. The Morgan fingerprint density at radius 3 is 1.42 bits per heavy atom. The largest absolute Gasteiger partial charge is 0.493 e. The average Bonchev–Trinajstić information content (AvgIpc) is 3.15. The first-order chi connectivity index (χ1) is 25.3. The number of carbonyl (C=O) groups is 2. The second-order valence-corrected chi connectivity index (χ2v) is 10.7. The predicted octanol–water partition coefficient (Wildman–Crippen LogP) is 6.10. The number of hydrogen-bond donors (Lipinski definition) is 3. The number of nitro benzene ring substituents is 2. The van der Waals surface area contributed by atoms with Crippen molar-refractivity contribution >= 4 is 34.6 Å². The number of anilines is 2. The fourth-order valence-electron chi connectivity index (χ4n) is 4.63. The van der Waals surface area contributed by atoms with Gasteiger partial charge in [0, 0.05) is 48.5 Å². The number of ether oxygens (including phenoxy) is 6. The first kappa shape index (κ1) is 42.4. The lowest BCUT2D eigenvalue weighted by atomic mass is 10.1. The molecule has 4 rings (SSSR count). The van der Waals surface area contributed by atoms with Gasteiger partial charge in [0.2, 0.25) is 17.4 Å². The minimum atomic E-state index is -0.834. The van der Waals surface area contributed by atoms with Gasteiger partial charge in [0.05, 0.1) is 52.5 Å². The van der Waals surface area contributed by atoms with Gasteiger partial charge in [-0.1, -0.05) is 12.1 Å². The number of nitro groups is 2. The van der Waals surface area contributed by atoms with Crippen molar-refractivity contribution in [3.8, 4) is 34.5 Å². The second kappa shape index (κ2) is 21.4. The van der Waals surface area contributed by atoms with Gasteiger partial charge in [-0.25, -0.2) is 0 Å². The van der Waals surface area contributed by atoms with Crippen LogP contribution in [-0.4, -0.2) is 69.5 Å². The Balaban J connectivity index is 0.000000307. The number of amides is 1. The van der Waals surface area contributed by atoms with Crippen molar-refractivity contribution < 1.29 is 53.0 Å². The lowest BCUT2D eigenvalue weighted by molar-refractivity contribution is -0.385. The molecule has 0 aliphatic heterocycles. The molecule has 0 heterocycles. The van der Waals surface area contributed by atoms with Crippen molar-refractivity contribution in [1.82, 2.24) is 0 Å². The van der Waals surface area contributed by atoms with Crippen molar-refractivity contribution in [1.29, 1.82) is 0 Å². The highest BCUT2D eigenvalue weighted by molar-refractivity contribution is 5.91. The number of nitrogens with one attached hydrogen (secondary N) is 1. The number of aliphatic carboxylic acids is 1. The lowest BCUT2D eigenvalue weighted by Gasteiger charge is -2.14. The molecule has 0 aliphatic rings. The van der Waals surface area contributed by atoms with Gasteiger partial charge in [-0.05, 0) is 60.4 Å². The maximum atomic E-state index is 12.1. The van der Waals surface area contributed by atoms with E-state index in [-0.39, 0.29) is 30.1 Å². The normalized spacial score (nSPS) is 9.85. The second-order valence-electron chi connectivity index (χ2n) is 10.7. The Morgan fingerprint density at radius 1 is 0.642 bits per heavy atom. The topological polar surface area (TPSA) is 234 Å². The molecule has 0 aliphatic carbocycles. The number of aryl methyl sites for hydroxylation is 2. The van der Waals surface area contributed by atoms with Crippen molar-refractivity contribution in [3.05, 3.63) is 104 Å². The van der Waals surface area contributed by atoms with Crippen LogP contribution in [0.25, 0.3) is 0 Å². The van der Waals surface area contributed by atoms with Gasteiger partial charge in [-0.15, -0.1) is 0 Å². The first-order valence-electron chi connectivity index (χ1n) is 15.6. The molecule has 17 nitrogen and oxygen atoms in total. The van der Waals surface area contributed by atoms with E-state index in [1.54, 1.807) is 42.5 Å². The van der Waals surface area contributed by atoms with E-state index in [0.717, 1.165) is 11.1 Å². The summed E-state index contributed by atoms with van der Waals surface area (Å²) in [7, 11) is 9.15.